The van der Waals surface area contributed by atoms with E-state index in [0.717, 1.165) is 25.8 Å². The van der Waals surface area contributed by atoms with Crippen LogP contribution >= 0.6 is 0 Å². The topological polar surface area (TPSA) is 58.6 Å². The SMILES string of the molecule is CCC(CC)NCC1CCC(C(=O)O)O1. The van der Waals surface area contributed by atoms with Gasteiger partial charge in [0.25, 0.3) is 0 Å². The molecule has 1 aliphatic rings. The van der Waals surface area contributed by atoms with Crippen LogP contribution in [-0.4, -0.2) is 35.9 Å². The Balaban J connectivity index is 2.21. The molecule has 0 amide bonds. The molecule has 0 saturated carbocycles. The third-order valence-corrected chi connectivity index (χ3v) is 3.00. The van der Waals surface area contributed by atoms with Crippen molar-refractivity contribution in [3.8, 4) is 0 Å². The van der Waals surface area contributed by atoms with Crippen LogP contribution in [0.4, 0.5) is 0 Å². The second-order valence-corrected chi connectivity index (χ2v) is 4.08. The van der Waals surface area contributed by atoms with E-state index in [4.69, 9.17) is 9.84 Å². The van der Waals surface area contributed by atoms with Gasteiger partial charge in [0.1, 0.15) is 0 Å². The van der Waals surface area contributed by atoms with Crippen molar-refractivity contribution >= 4 is 5.97 Å². The van der Waals surface area contributed by atoms with Gasteiger partial charge in [-0.3, -0.25) is 0 Å². The maximum absolute atomic E-state index is 10.7. The molecule has 1 rings (SSSR count). The van der Waals surface area contributed by atoms with Gasteiger partial charge in [0.05, 0.1) is 6.10 Å². The molecule has 1 heterocycles. The monoisotopic (exact) mass is 215 g/mol. The Morgan fingerprint density at radius 2 is 2.13 bits per heavy atom. The molecule has 2 unspecified atom stereocenters. The molecule has 2 N–H and O–H groups in total. The van der Waals surface area contributed by atoms with Crippen molar-refractivity contribution in [2.75, 3.05) is 6.54 Å². The molecule has 2 atom stereocenters. The summed E-state index contributed by atoms with van der Waals surface area (Å²) < 4.78 is 5.40. The fourth-order valence-corrected chi connectivity index (χ4v) is 1.91. The van der Waals surface area contributed by atoms with Crippen LogP contribution < -0.4 is 5.32 Å². The quantitative estimate of drug-likeness (QED) is 0.703. The van der Waals surface area contributed by atoms with Gasteiger partial charge < -0.3 is 15.2 Å². The van der Waals surface area contributed by atoms with Crippen molar-refractivity contribution in [3.05, 3.63) is 0 Å². The number of ether oxygens (including phenoxy) is 1. The maximum Gasteiger partial charge on any atom is 0.332 e. The zero-order chi connectivity index (χ0) is 11.3. The lowest BCUT2D eigenvalue weighted by Gasteiger charge is -2.18. The third-order valence-electron chi connectivity index (χ3n) is 3.00. The summed E-state index contributed by atoms with van der Waals surface area (Å²) in [6.07, 6.45) is 3.19. The Labute approximate surface area is 91.0 Å². The standard InChI is InChI=1S/C11H21NO3/c1-3-8(4-2)12-7-9-5-6-10(15-9)11(13)14/h8-10,12H,3-7H2,1-2H3,(H,13,14). The van der Waals surface area contributed by atoms with Crippen LogP contribution in [0.2, 0.25) is 0 Å². The third kappa shape index (κ3) is 3.80. The summed E-state index contributed by atoms with van der Waals surface area (Å²) in [5.74, 6) is -0.833. The average Bonchev–Trinajstić information content (AvgIpc) is 2.68. The maximum atomic E-state index is 10.7. The molecule has 0 radical (unpaired) electrons. The number of hydrogen-bond acceptors (Lipinski definition) is 3. The summed E-state index contributed by atoms with van der Waals surface area (Å²) in [4.78, 5) is 10.7. The van der Waals surface area contributed by atoms with Gasteiger partial charge in [-0.05, 0) is 25.7 Å². The van der Waals surface area contributed by atoms with Crippen LogP contribution in [0.5, 0.6) is 0 Å². The zero-order valence-electron chi connectivity index (χ0n) is 9.53. The highest BCUT2D eigenvalue weighted by molar-refractivity contribution is 5.72. The number of nitrogens with one attached hydrogen (secondary N) is 1. The summed E-state index contributed by atoms with van der Waals surface area (Å²) in [5.41, 5.74) is 0. The largest absolute Gasteiger partial charge is 0.479 e. The van der Waals surface area contributed by atoms with Gasteiger partial charge in [0, 0.05) is 12.6 Å². The molecule has 1 fully saturated rings. The summed E-state index contributed by atoms with van der Waals surface area (Å²) in [5, 5.41) is 12.2. The molecule has 0 aliphatic carbocycles. The number of hydrogen-bond donors (Lipinski definition) is 2. The molecule has 4 heteroatoms. The van der Waals surface area contributed by atoms with E-state index >= 15 is 0 Å². The first-order valence-corrected chi connectivity index (χ1v) is 5.79. The van der Waals surface area contributed by atoms with E-state index in [1.165, 1.54) is 0 Å². The van der Waals surface area contributed by atoms with E-state index in [1.54, 1.807) is 0 Å². The Kier molecular flexibility index (Phi) is 5.05. The zero-order valence-corrected chi connectivity index (χ0v) is 9.53. The number of carboxylic acid groups (broad SMARTS) is 1. The van der Waals surface area contributed by atoms with Crippen LogP contribution in [0.25, 0.3) is 0 Å². The van der Waals surface area contributed by atoms with Crippen LogP contribution in [-0.2, 0) is 9.53 Å². The number of rotatable bonds is 6. The van der Waals surface area contributed by atoms with Crippen molar-refractivity contribution in [3.63, 3.8) is 0 Å². The van der Waals surface area contributed by atoms with Gasteiger partial charge in [-0.2, -0.15) is 0 Å². The molecular formula is C11H21NO3. The summed E-state index contributed by atoms with van der Waals surface area (Å²) in [7, 11) is 0. The highest BCUT2D eigenvalue weighted by Gasteiger charge is 2.30. The number of aliphatic carboxylic acids is 1. The van der Waals surface area contributed by atoms with Crippen molar-refractivity contribution in [2.24, 2.45) is 0 Å². The van der Waals surface area contributed by atoms with Crippen LogP contribution in [0.15, 0.2) is 0 Å². The highest BCUT2D eigenvalue weighted by Crippen LogP contribution is 2.19. The molecule has 0 bridgehead atoms. The summed E-state index contributed by atoms with van der Waals surface area (Å²) >= 11 is 0. The first kappa shape index (κ1) is 12.5. The average molecular weight is 215 g/mol. The Morgan fingerprint density at radius 3 is 2.60 bits per heavy atom. The fourth-order valence-electron chi connectivity index (χ4n) is 1.91. The smallest absolute Gasteiger partial charge is 0.332 e. The van der Waals surface area contributed by atoms with E-state index in [-0.39, 0.29) is 6.10 Å². The van der Waals surface area contributed by atoms with Crippen molar-refractivity contribution in [1.29, 1.82) is 0 Å². The molecule has 1 saturated heterocycles. The number of carboxylic acids is 1. The molecule has 1 aliphatic heterocycles. The molecular weight excluding hydrogens is 194 g/mol. The lowest BCUT2D eigenvalue weighted by molar-refractivity contribution is -0.149. The van der Waals surface area contributed by atoms with E-state index in [0.29, 0.717) is 12.5 Å². The molecule has 0 aromatic carbocycles. The van der Waals surface area contributed by atoms with E-state index in [1.807, 2.05) is 0 Å². The second-order valence-electron chi connectivity index (χ2n) is 4.08. The molecule has 0 aromatic rings. The van der Waals surface area contributed by atoms with Gasteiger partial charge in [0.2, 0.25) is 0 Å². The van der Waals surface area contributed by atoms with E-state index in [9.17, 15) is 4.79 Å². The predicted molar refractivity (Wildman–Crippen MR) is 57.9 cm³/mol. The number of carbonyl (C=O) groups is 1. The van der Waals surface area contributed by atoms with Crippen molar-refractivity contribution in [1.82, 2.24) is 5.32 Å². The van der Waals surface area contributed by atoms with Gasteiger partial charge in [-0.15, -0.1) is 0 Å². The van der Waals surface area contributed by atoms with Gasteiger partial charge >= 0.3 is 5.97 Å². The normalized spacial score (nSPS) is 26.1. The lowest BCUT2D eigenvalue weighted by atomic mass is 10.1. The lowest BCUT2D eigenvalue weighted by Crippen LogP contribution is -2.35. The van der Waals surface area contributed by atoms with Crippen LogP contribution in [0.3, 0.4) is 0 Å². The highest BCUT2D eigenvalue weighted by atomic mass is 16.5. The first-order chi connectivity index (χ1) is 7.17. The van der Waals surface area contributed by atoms with Gasteiger partial charge in [0.15, 0.2) is 6.10 Å². The van der Waals surface area contributed by atoms with Crippen LogP contribution in [0.1, 0.15) is 39.5 Å². The van der Waals surface area contributed by atoms with Crippen molar-refractivity contribution in [2.45, 2.75) is 57.8 Å². The van der Waals surface area contributed by atoms with E-state index < -0.39 is 12.1 Å². The Hall–Kier alpha value is -0.610. The minimum atomic E-state index is -0.833. The first-order valence-electron chi connectivity index (χ1n) is 5.79. The molecule has 0 spiro atoms. The molecule has 88 valence electrons. The Morgan fingerprint density at radius 1 is 1.47 bits per heavy atom. The van der Waals surface area contributed by atoms with Crippen molar-refractivity contribution < 1.29 is 14.6 Å². The van der Waals surface area contributed by atoms with Gasteiger partial charge in [-0.1, -0.05) is 13.8 Å². The molecule has 0 aromatic heterocycles. The summed E-state index contributed by atoms with van der Waals surface area (Å²) in [6, 6.07) is 0.525. The van der Waals surface area contributed by atoms with E-state index in [2.05, 4.69) is 19.2 Å². The molecule has 15 heavy (non-hydrogen) atoms. The fraction of sp³-hybridized carbons (Fsp3) is 0.909. The van der Waals surface area contributed by atoms with Crippen LogP contribution in [0, 0.1) is 0 Å². The minimum Gasteiger partial charge on any atom is -0.479 e. The van der Waals surface area contributed by atoms with Gasteiger partial charge in [-0.25, -0.2) is 4.79 Å². The second kappa shape index (κ2) is 6.08. The minimum absolute atomic E-state index is 0.0756. The Bertz CT molecular complexity index is 204. The summed E-state index contributed by atoms with van der Waals surface area (Å²) in [6.45, 7) is 5.07. The predicted octanol–water partition coefficient (Wildman–Crippen LogP) is 1.40. The molecule has 4 nitrogen and oxygen atoms in total.